The van der Waals surface area contributed by atoms with Crippen LogP contribution in [-0.2, 0) is 10.0 Å². The molecule has 2 aromatic heterocycles. The Balaban J connectivity index is 1.17. The highest BCUT2D eigenvalue weighted by Gasteiger charge is 2.34. The molecule has 0 unspecified atom stereocenters. The molecule has 34 heavy (non-hydrogen) atoms. The highest BCUT2D eigenvalue weighted by atomic mass is 32.2. The number of hydrogen-bond acceptors (Lipinski definition) is 5. The summed E-state index contributed by atoms with van der Waals surface area (Å²) in [4.78, 5) is 14.1. The van der Waals surface area contributed by atoms with E-state index in [-0.39, 0.29) is 29.4 Å². The predicted molar refractivity (Wildman–Crippen MR) is 132 cm³/mol. The maximum absolute atomic E-state index is 13.3. The monoisotopic (exact) mass is 485 g/mol. The number of sulfonamides is 1. The third kappa shape index (κ3) is 4.95. The van der Waals surface area contributed by atoms with Gasteiger partial charge in [-0.15, -0.1) is 0 Å². The van der Waals surface area contributed by atoms with Crippen molar-refractivity contribution in [3.8, 4) is 0 Å². The van der Waals surface area contributed by atoms with Crippen molar-refractivity contribution in [1.82, 2.24) is 19.7 Å². The van der Waals surface area contributed by atoms with E-state index in [9.17, 15) is 12.8 Å². The fraction of sp³-hybridized carbons (Fsp3) is 0.520. The van der Waals surface area contributed by atoms with Crippen molar-refractivity contribution in [1.29, 1.82) is 0 Å². The number of halogens is 1. The third-order valence-corrected chi connectivity index (χ3v) is 9.20. The molecule has 2 N–H and O–H groups in total. The molecule has 3 aromatic rings. The zero-order chi connectivity index (χ0) is 23.7. The van der Waals surface area contributed by atoms with Crippen molar-refractivity contribution >= 4 is 26.9 Å². The van der Waals surface area contributed by atoms with Gasteiger partial charge in [0.15, 0.2) is 0 Å². The van der Waals surface area contributed by atoms with Crippen molar-refractivity contribution in [2.45, 2.75) is 62.9 Å². The van der Waals surface area contributed by atoms with Gasteiger partial charge in [-0.05, 0) is 68.2 Å². The summed E-state index contributed by atoms with van der Waals surface area (Å²) < 4.78 is 42.4. The molecule has 0 saturated heterocycles. The molecule has 2 aliphatic carbocycles. The Morgan fingerprint density at radius 1 is 1.06 bits per heavy atom. The molecule has 5 rings (SSSR count). The van der Waals surface area contributed by atoms with Crippen LogP contribution in [0.1, 0.15) is 56.4 Å². The first-order valence-electron chi connectivity index (χ1n) is 12.2. The quantitative estimate of drug-likeness (QED) is 0.519. The lowest BCUT2D eigenvalue weighted by Gasteiger charge is -2.35. The number of aromatic nitrogens is 3. The van der Waals surface area contributed by atoms with Crippen molar-refractivity contribution < 1.29 is 12.8 Å². The molecular formula is C25H32FN5O2S. The van der Waals surface area contributed by atoms with Crippen LogP contribution in [0.15, 0.2) is 42.9 Å². The fourth-order valence-electron chi connectivity index (χ4n) is 5.81. The summed E-state index contributed by atoms with van der Waals surface area (Å²) in [5.41, 5.74) is 1.84. The molecule has 2 atom stereocenters. The molecule has 182 valence electrons. The molecule has 0 spiro atoms. The topological polar surface area (TPSA) is 91.0 Å². The van der Waals surface area contributed by atoms with Gasteiger partial charge in [-0.1, -0.05) is 18.6 Å². The van der Waals surface area contributed by atoms with Gasteiger partial charge in [-0.2, -0.15) is 0 Å². The molecule has 2 saturated carbocycles. The average molecular weight is 486 g/mol. The Kier molecular flexibility index (Phi) is 6.57. The molecule has 0 aliphatic heterocycles. The summed E-state index contributed by atoms with van der Waals surface area (Å²) >= 11 is 0. The number of H-pyrrole nitrogens is 1. The average Bonchev–Trinajstić information content (AvgIpc) is 3.48. The minimum atomic E-state index is -3.39. The molecular weight excluding hydrogens is 453 g/mol. The van der Waals surface area contributed by atoms with E-state index >= 15 is 0 Å². The number of fused-ring (bicyclic) bond motifs is 1. The second-order valence-electron chi connectivity index (χ2n) is 9.82. The highest BCUT2D eigenvalue weighted by Crippen LogP contribution is 2.36. The lowest BCUT2D eigenvalue weighted by Crippen LogP contribution is -2.41. The van der Waals surface area contributed by atoms with Crippen LogP contribution < -0.4 is 9.62 Å². The first-order chi connectivity index (χ1) is 16.4. The largest absolute Gasteiger partial charge is 0.356 e. The lowest BCUT2D eigenvalue weighted by molar-refractivity contribution is 0.339. The minimum Gasteiger partial charge on any atom is -0.356 e. The van der Waals surface area contributed by atoms with E-state index < -0.39 is 10.0 Å². The van der Waals surface area contributed by atoms with E-state index in [1.165, 1.54) is 12.1 Å². The Morgan fingerprint density at radius 3 is 2.59 bits per heavy atom. The summed E-state index contributed by atoms with van der Waals surface area (Å²) in [6.45, 7) is 0. The van der Waals surface area contributed by atoms with Gasteiger partial charge in [-0.25, -0.2) is 27.5 Å². The Labute approximate surface area is 200 Å². The number of rotatable bonds is 7. The molecule has 2 heterocycles. The van der Waals surface area contributed by atoms with Crippen LogP contribution in [0.25, 0.3) is 11.0 Å². The SMILES string of the molecule is CN(c1ncnc2[nH]ccc12)C1CCC(CS(=O)(=O)N[C@@H]2CCC[C@@H]2c2ccc(F)cc2)CC1. The summed E-state index contributed by atoms with van der Waals surface area (Å²) in [6.07, 6.45) is 9.81. The summed E-state index contributed by atoms with van der Waals surface area (Å²) in [5.74, 6) is 1.09. The Hall–Kier alpha value is -2.52. The van der Waals surface area contributed by atoms with Gasteiger partial charge >= 0.3 is 0 Å². The van der Waals surface area contributed by atoms with E-state index in [2.05, 4.69) is 31.6 Å². The van der Waals surface area contributed by atoms with Crippen LogP contribution in [0.5, 0.6) is 0 Å². The van der Waals surface area contributed by atoms with E-state index in [0.29, 0.717) is 6.04 Å². The van der Waals surface area contributed by atoms with Crippen LogP contribution in [-0.4, -0.2) is 48.3 Å². The van der Waals surface area contributed by atoms with Gasteiger partial charge < -0.3 is 9.88 Å². The number of nitrogens with zero attached hydrogens (tertiary/aromatic N) is 3. The zero-order valence-electron chi connectivity index (χ0n) is 19.5. The second-order valence-corrected chi connectivity index (χ2v) is 11.6. The number of aromatic amines is 1. The summed E-state index contributed by atoms with van der Waals surface area (Å²) in [5, 5.41) is 1.01. The highest BCUT2D eigenvalue weighted by molar-refractivity contribution is 7.89. The van der Waals surface area contributed by atoms with Crippen molar-refractivity contribution in [2.75, 3.05) is 17.7 Å². The molecule has 0 radical (unpaired) electrons. The van der Waals surface area contributed by atoms with E-state index in [1.807, 2.05) is 12.3 Å². The molecule has 0 amide bonds. The normalized spacial score (nSPS) is 25.6. The van der Waals surface area contributed by atoms with Crippen LogP contribution in [0.4, 0.5) is 10.2 Å². The molecule has 9 heteroatoms. The van der Waals surface area contributed by atoms with Crippen molar-refractivity contribution in [3.63, 3.8) is 0 Å². The molecule has 2 aliphatic rings. The van der Waals surface area contributed by atoms with Crippen LogP contribution >= 0.6 is 0 Å². The predicted octanol–water partition coefficient (Wildman–Crippen LogP) is 4.35. The zero-order valence-corrected chi connectivity index (χ0v) is 20.3. The first-order valence-corrected chi connectivity index (χ1v) is 13.8. The maximum Gasteiger partial charge on any atom is 0.212 e. The smallest absolute Gasteiger partial charge is 0.212 e. The minimum absolute atomic E-state index is 0.109. The standard InChI is InChI=1S/C25H32FN5O2S/c1-31(25-22-13-14-27-24(22)28-16-29-25)20-11-5-17(6-12-20)15-34(32,33)30-23-4-2-3-21(23)18-7-9-19(26)10-8-18/h7-10,13-14,16-17,20-21,23,30H,2-6,11-12,15H2,1H3,(H,27,28,29)/t17?,20?,21-,23-/m1/s1. The van der Waals surface area contributed by atoms with Gasteiger partial charge in [-0.3, -0.25) is 0 Å². The Bertz CT molecular complexity index is 1220. The van der Waals surface area contributed by atoms with Gasteiger partial charge in [0, 0.05) is 31.2 Å². The van der Waals surface area contributed by atoms with E-state index in [1.54, 1.807) is 18.5 Å². The molecule has 0 bridgehead atoms. The molecule has 2 fully saturated rings. The van der Waals surface area contributed by atoms with E-state index in [4.69, 9.17) is 0 Å². The summed E-state index contributed by atoms with van der Waals surface area (Å²) in [6, 6.07) is 8.69. The molecule has 7 nitrogen and oxygen atoms in total. The van der Waals surface area contributed by atoms with Crippen molar-refractivity contribution in [2.24, 2.45) is 5.92 Å². The first kappa shape index (κ1) is 23.2. The number of hydrogen-bond donors (Lipinski definition) is 2. The van der Waals surface area contributed by atoms with Crippen molar-refractivity contribution in [3.05, 3.63) is 54.2 Å². The molecule has 1 aromatic carbocycles. The number of nitrogens with one attached hydrogen (secondary N) is 2. The van der Waals surface area contributed by atoms with E-state index in [0.717, 1.165) is 67.4 Å². The van der Waals surface area contributed by atoms with Gasteiger partial charge in [0.2, 0.25) is 10.0 Å². The summed E-state index contributed by atoms with van der Waals surface area (Å²) in [7, 11) is -1.32. The van der Waals surface area contributed by atoms with Gasteiger partial charge in [0.05, 0.1) is 11.1 Å². The van der Waals surface area contributed by atoms with Gasteiger partial charge in [0.1, 0.15) is 23.6 Å². The van der Waals surface area contributed by atoms with Crippen LogP contribution in [0.2, 0.25) is 0 Å². The Morgan fingerprint density at radius 2 is 1.82 bits per heavy atom. The fourth-order valence-corrected chi connectivity index (χ4v) is 7.60. The lowest BCUT2D eigenvalue weighted by atomic mass is 9.86. The maximum atomic E-state index is 13.3. The third-order valence-electron chi connectivity index (χ3n) is 7.63. The van der Waals surface area contributed by atoms with Crippen LogP contribution in [0, 0.1) is 11.7 Å². The van der Waals surface area contributed by atoms with Gasteiger partial charge in [0.25, 0.3) is 0 Å². The number of benzene rings is 1. The van der Waals surface area contributed by atoms with Crippen LogP contribution in [0.3, 0.4) is 0 Å². The second kappa shape index (κ2) is 9.62. The number of anilines is 1.